The lowest BCUT2D eigenvalue weighted by Gasteiger charge is -2.28. The molecule has 1 aliphatic rings. The maximum Gasteiger partial charge on any atom is 0.185 e. The van der Waals surface area contributed by atoms with Crippen LogP contribution in [0.1, 0.15) is 65.5 Å². The average molecular weight is 295 g/mol. The molecule has 1 unspecified atom stereocenters. The van der Waals surface area contributed by atoms with Crippen LogP contribution in [0.15, 0.2) is 5.38 Å². The summed E-state index contributed by atoms with van der Waals surface area (Å²) in [5, 5.41) is 6.96. The maximum atomic E-state index is 4.86. The van der Waals surface area contributed by atoms with Gasteiger partial charge in [-0.3, -0.25) is 0 Å². The lowest BCUT2D eigenvalue weighted by Crippen LogP contribution is -2.35. The van der Waals surface area contributed by atoms with Gasteiger partial charge in [0.2, 0.25) is 0 Å². The Balaban J connectivity index is 2.02. The minimum Gasteiger partial charge on any atom is -0.345 e. The van der Waals surface area contributed by atoms with Crippen molar-refractivity contribution in [2.24, 2.45) is 0 Å². The summed E-state index contributed by atoms with van der Waals surface area (Å²) >= 11 is 1.81. The molecule has 1 saturated heterocycles. The standard InChI is InChI=1S/C16H29N3S/c1-5-14-9-7-6-8-10-19(14)15-18-13(12-20-15)11-17-16(2,3)4/h12,14,17H,5-11H2,1-4H3. The Morgan fingerprint density at radius 1 is 1.35 bits per heavy atom. The van der Waals surface area contributed by atoms with E-state index in [4.69, 9.17) is 4.98 Å². The summed E-state index contributed by atoms with van der Waals surface area (Å²) in [6.45, 7) is 10.9. The zero-order valence-electron chi connectivity index (χ0n) is 13.4. The molecule has 0 amide bonds. The third-order valence-corrected chi connectivity index (χ3v) is 4.86. The first-order valence-corrected chi connectivity index (χ1v) is 8.83. The molecule has 0 saturated carbocycles. The van der Waals surface area contributed by atoms with Crippen LogP contribution in [0.25, 0.3) is 0 Å². The number of nitrogens with zero attached hydrogens (tertiary/aromatic N) is 2. The summed E-state index contributed by atoms with van der Waals surface area (Å²) in [5.74, 6) is 0. The molecule has 0 spiro atoms. The van der Waals surface area contributed by atoms with Crippen molar-refractivity contribution in [3.05, 3.63) is 11.1 Å². The minimum absolute atomic E-state index is 0.151. The summed E-state index contributed by atoms with van der Waals surface area (Å²) in [4.78, 5) is 7.41. The molecule has 2 rings (SSSR count). The fourth-order valence-corrected chi connectivity index (χ4v) is 3.64. The molecule has 0 radical (unpaired) electrons. The Hall–Kier alpha value is -0.610. The van der Waals surface area contributed by atoms with E-state index in [2.05, 4.69) is 43.3 Å². The van der Waals surface area contributed by atoms with E-state index in [9.17, 15) is 0 Å². The zero-order chi connectivity index (χ0) is 14.6. The summed E-state index contributed by atoms with van der Waals surface area (Å²) in [6, 6.07) is 0.687. The quantitative estimate of drug-likeness (QED) is 0.902. The highest BCUT2D eigenvalue weighted by Gasteiger charge is 2.22. The second kappa shape index (κ2) is 6.90. The normalized spacial score (nSPS) is 21.0. The first-order chi connectivity index (χ1) is 9.49. The molecule has 1 aliphatic heterocycles. The molecule has 1 aromatic rings. The van der Waals surface area contributed by atoms with Gasteiger partial charge in [-0.25, -0.2) is 4.98 Å². The van der Waals surface area contributed by atoms with E-state index in [0.29, 0.717) is 6.04 Å². The fourth-order valence-electron chi connectivity index (χ4n) is 2.72. The molecule has 114 valence electrons. The molecule has 1 atom stereocenters. The van der Waals surface area contributed by atoms with Crippen molar-refractivity contribution in [2.45, 2.75) is 77.9 Å². The SMILES string of the molecule is CCC1CCCCCN1c1nc(CNC(C)(C)C)cs1. The Kier molecular flexibility index (Phi) is 5.44. The first kappa shape index (κ1) is 15.8. The third-order valence-electron chi connectivity index (χ3n) is 3.93. The van der Waals surface area contributed by atoms with E-state index < -0.39 is 0 Å². The van der Waals surface area contributed by atoms with Gasteiger partial charge in [0.25, 0.3) is 0 Å². The van der Waals surface area contributed by atoms with Crippen LogP contribution in [0, 0.1) is 0 Å². The molecule has 0 aliphatic carbocycles. The van der Waals surface area contributed by atoms with Crippen molar-refractivity contribution in [3.8, 4) is 0 Å². The van der Waals surface area contributed by atoms with Gasteiger partial charge in [0.05, 0.1) is 5.69 Å². The van der Waals surface area contributed by atoms with E-state index in [0.717, 1.165) is 6.54 Å². The largest absolute Gasteiger partial charge is 0.345 e. The lowest BCUT2D eigenvalue weighted by atomic mass is 10.1. The van der Waals surface area contributed by atoms with Crippen LogP contribution in [0.4, 0.5) is 5.13 Å². The number of nitrogens with one attached hydrogen (secondary N) is 1. The number of thiazole rings is 1. The topological polar surface area (TPSA) is 28.2 Å². The van der Waals surface area contributed by atoms with Crippen molar-refractivity contribution in [1.82, 2.24) is 10.3 Å². The summed E-state index contributed by atoms with van der Waals surface area (Å²) in [5.41, 5.74) is 1.33. The number of hydrogen-bond acceptors (Lipinski definition) is 4. The predicted molar refractivity (Wildman–Crippen MR) is 88.6 cm³/mol. The second-order valence-corrected chi connectivity index (χ2v) is 7.67. The fraction of sp³-hybridized carbons (Fsp3) is 0.812. The van der Waals surface area contributed by atoms with Crippen LogP contribution in [-0.4, -0.2) is 23.1 Å². The molecular formula is C16H29N3S. The second-order valence-electron chi connectivity index (χ2n) is 6.83. The highest BCUT2D eigenvalue weighted by Crippen LogP contribution is 2.28. The summed E-state index contributed by atoms with van der Waals surface area (Å²) in [6.07, 6.45) is 6.61. The molecule has 4 heteroatoms. The van der Waals surface area contributed by atoms with E-state index in [1.807, 2.05) is 11.3 Å². The first-order valence-electron chi connectivity index (χ1n) is 7.95. The molecular weight excluding hydrogens is 266 g/mol. The van der Waals surface area contributed by atoms with Gasteiger partial charge in [-0.05, 0) is 40.0 Å². The van der Waals surface area contributed by atoms with E-state index in [-0.39, 0.29) is 5.54 Å². The number of hydrogen-bond donors (Lipinski definition) is 1. The molecule has 1 N–H and O–H groups in total. The van der Waals surface area contributed by atoms with Crippen molar-refractivity contribution in [3.63, 3.8) is 0 Å². The van der Waals surface area contributed by atoms with Crippen LogP contribution < -0.4 is 10.2 Å². The van der Waals surface area contributed by atoms with Crippen molar-refractivity contribution >= 4 is 16.5 Å². The summed E-state index contributed by atoms with van der Waals surface area (Å²) < 4.78 is 0. The van der Waals surface area contributed by atoms with Gasteiger partial charge in [-0.1, -0.05) is 19.8 Å². The van der Waals surface area contributed by atoms with Crippen LogP contribution in [0.3, 0.4) is 0 Å². The molecule has 0 aromatic carbocycles. The molecule has 1 aromatic heterocycles. The van der Waals surface area contributed by atoms with E-state index in [1.54, 1.807) is 0 Å². The number of anilines is 1. The Morgan fingerprint density at radius 3 is 2.85 bits per heavy atom. The van der Waals surface area contributed by atoms with E-state index in [1.165, 1.54) is 49.5 Å². The summed E-state index contributed by atoms with van der Waals surface area (Å²) in [7, 11) is 0. The number of aromatic nitrogens is 1. The van der Waals surface area contributed by atoms with Gasteiger partial charge in [0.15, 0.2) is 5.13 Å². The minimum atomic E-state index is 0.151. The van der Waals surface area contributed by atoms with Gasteiger partial charge in [-0.2, -0.15) is 0 Å². The van der Waals surface area contributed by atoms with Crippen LogP contribution >= 0.6 is 11.3 Å². The van der Waals surface area contributed by atoms with Gasteiger partial charge < -0.3 is 10.2 Å². The van der Waals surface area contributed by atoms with Crippen LogP contribution in [0.5, 0.6) is 0 Å². The maximum absolute atomic E-state index is 4.86. The van der Waals surface area contributed by atoms with Crippen LogP contribution in [-0.2, 0) is 6.54 Å². The Morgan fingerprint density at radius 2 is 2.15 bits per heavy atom. The highest BCUT2D eigenvalue weighted by molar-refractivity contribution is 7.13. The van der Waals surface area contributed by atoms with Gasteiger partial charge in [-0.15, -0.1) is 11.3 Å². The molecule has 3 nitrogen and oxygen atoms in total. The smallest absolute Gasteiger partial charge is 0.185 e. The lowest BCUT2D eigenvalue weighted by molar-refractivity contribution is 0.421. The van der Waals surface area contributed by atoms with E-state index >= 15 is 0 Å². The Labute approximate surface area is 127 Å². The highest BCUT2D eigenvalue weighted by atomic mass is 32.1. The van der Waals surface area contributed by atoms with Crippen molar-refractivity contribution in [2.75, 3.05) is 11.4 Å². The van der Waals surface area contributed by atoms with Crippen LogP contribution in [0.2, 0.25) is 0 Å². The molecule has 2 heterocycles. The molecule has 1 fully saturated rings. The zero-order valence-corrected chi connectivity index (χ0v) is 14.2. The van der Waals surface area contributed by atoms with Gasteiger partial charge in [0.1, 0.15) is 0 Å². The Bertz CT molecular complexity index is 408. The monoisotopic (exact) mass is 295 g/mol. The van der Waals surface area contributed by atoms with Crippen molar-refractivity contribution in [1.29, 1.82) is 0 Å². The number of rotatable bonds is 4. The third kappa shape index (κ3) is 4.45. The molecule has 0 bridgehead atoms. The average Bonchev–Trinajstić information content (AvgIpc) is 2.72. The predicted octanol–water partition coefficient (Wildman–Crippen LogP) is 4.19. The van der Waals surface area contributed by atoms with Crippen molar-refractivity contribution < 1.29 is 0 Å². The van der Waals surface area contributed by atoms with Gasteiger partial charge >= 0.3 is 0 Å². The van der Waals surface area contributed by atoms with Gasteiger partial charge in [0, 0.05) is 30.1 Å². The molecule has 20 heavy (non-hydrogen) atoms.